The summed E-state index contributed by atoms with van der Waals surface area (Å²) in [5.74, 6) is -0.992. The summed E-state index contributed by atoms with van der Waals surface area (Å²) in [5, 5.41) is 12.3. The van der Waals surface area contributed by atoms with Crippen molar-refractivity contribution < 1.29 is 9.90 Å². The van der Waals surface area contributed by atoms with Gasteiger partial charge < -0.3 is 10.4 Å². The van der Waals surface area contributed by atoms with Gasteiger partial charge in [-0.3, -0.25) is 0 Å². The maximum atomic E-state index is 10.8. The number of hydrogen-bond donors (Lipinski definition) is 2. The Labute approximate surface area is 118 Å². The number of thiophene rings is 1. The summed E-state index contributed by atoms with van der Waals surface area (Å²) in [5.41, 5.74) is 0.871. The van der Waals surface area contributed by atoms with Gasteiger partial charge in [-0.05, 0) is 30.3 Å². The highest BCUT2D eigenvalue weighted by atomic mass is 35.5. The van der Waals surface area contributed by atoms with Gasteiger partial charge in [0.25, 0.3) is 0 Å². The fourth-order valence-electron chi connectivity index (χ4n) is 1.42. The molecule has 0 bridgehead atoms. The van der Waals surface area contributed by atoms with E-state index in [4.69, 9.17) is 28.3 Å². The lowest BCUT2D eigenvalue weighted by Gasteiger charge is -2.07. The van der Waals surface area contributed by atoms with Gasteiger partial charge in [-0.1, -0.05) is 23.2 Å². The van der Waals surface area contributed by atoms with Crippen LogP contribution < -0.4 is 5.32 Å². The van der Waals surface area contributed by atoms with Gasteiger partial charge in [0.1, 0.15) is 0 Å². The lowest BCUT2D eigenvalue weighted by Crippen LogP contribution is -2.00. The lowest BCUT2D eigenvalue weighted by atomic mass is 10.2. The summed E-state index contributed by atoms with van der Waals surface area (Å²) < 4.78 is 0.735. The van der Waals surface area contributed by atoms with Crippen LogP contribution in [-0.2, 0) is 6.54 Å². The summed E-state index contributed by atoms with van der Waals surface area (Å²) >= 11 is 13.3. The zero-order chi connectivity index (χ0) is 13.1. The molecule has 0 unspecified atom stereocenters. The van der Waals surface area contributed by atoms with Crippen LogP contribution in [0.3, 0.4) is 0 Å². The van der Waals surface area contributed by atoms with Crippen LogP contribution in [0.4, 0.5) is 5.69 Å². The maximum absolute atomic E-state index is 10.8. The Balaban J connectivity index is 2.08. The molecule has 0 aliphatic rings. The monoisotopic (exact) mass is 301 g/mol. The molecule has 0 amide bonds. The molecule has 2 rings (SSSR count). The first-order valence-corrected chi connectivity index (χ1v) is 6.64. The highest BCUT2D eigenvalue weighted by Gasteiger charge is 2.07. The summed E-state index contributed by atoms with van der Waals surface area (Å²) in [4.78, 5) is 11.8. The van der Waals surface area contributed by atoms with Crippen LogP contribution in [0.25, 0.3) is 0 Å². The number of aromatic carboxylic acids is 1. The van der Waals surface area contributed by atoms with E-state index in [-0.39, 0.29) is 5.56 Å². The van der Waals surface area contributed by atoms with Crippen LogP contribution in [0.5, 0.6) is 0 Å². The molecule has 1 heterocycles. The number of carboxylic acid groups (broad SMARTS) is 1. The van der Waals surface area contributed by atoms with E-state index in [0.717, 1.165) is 9.21 Å². The number of anilines is 1. The van der Waals surface area contributed by atoms with Crippen LogP contribution in [0, 0.1) is 0 Å². The van der Waals surface area contributed by atoms with Crippen molar-refractivity contribution in [2.24, 2.45) is 0 Å². The van der Waals surface area contributed by atoms with Crippen molar-refractivity contribution in [1.82, 2.24) is 0 Å². The second-order valence-electron chi connectivity index (χ2n) is 3.56. The molecule has 2 aromatic rings. The van der Waals surface area contributed by atoms with E-state index in [1.54, 1.807) is 6.07 Å². The summed E-state index contributed by atoms with van der Waals surface area (Å²) in [7, 11) is 0. The molecule has 0 radical (unpaired) electrons. The number of halogens is 2. The molecule has 0 saturated heterocycles. The van der Waals surface area contributed by atoms with Crippen molar-refractivity contribution in [3.63, 3.8) is 0 Å². The molecular formula is C12H9Cl2NO2S. The maximum Gasteiger partial charge on any atom is 0.335 e. The molecule has 18 heavy (non-hydrogen) atoms. The first-order chi connectivity index (χ1) is 8.56. The average Bonchev–Trinajstić information content (AvgIpc) is 2.73. The Hall–Kier alpha value is -1.23. The van der Waals surface area contributed by atoms with E-state index in [9.17, 15) is 4.79 Å². The van der Waals surface area contributed by atoms with Crippen molar-refractivity contribution in [2.45, 2.75) is 6.54 Å². The standard InChI is InChI=1S/C12H9Cl2NO2S/c13-9-5-7(12(16)17)1-3-10(9)15-6-8-2-4-11(14)18-8/h1-5,15H,6H2,(H,16,17). The van der Waals surface area contributed by atoms with Gasteiger partial charge in [-0.15, -0.1) is 11.3 Å². The normalized spacial score (nSPS) is 10.3. The van der Waals surface area contributed by atoms with Crippen LogP contribution in [-0.4, -0.2) is 11.1 Å². The predicted molar refractivity (Wildman–Crippen MR) is 75.1 cm³/mol. The van der Waals surface area contributed by atoms with E-state index >= 15 is 0 Å². The molecule has 1 aromatic heterocycles. The Kier molecular flexibility index (Phi) is 4.11. The summed E-state index contributed by atoms with van der Waals surface area (Å²) in [6.07, 6.45) is 0. The lowest BCUT2D eigenvalue weighted by molar-refractivity contribution is 0.0697. The highest BCUT2D eigenvalue weighted by molar-refractivity contribution is 7.16. The van der Waals surface area contributed by atoms with Gasteiger partial charge in [0, 0.05) is 11.4 Å². The van der Waals surface area contributed by atoms with Gasteiger partial charge in [0.2, 0.25) is 0 Å². The number of carboxylic acids is 1. The fourth-order valence-corrected chi connectivity index (χ4v) is 2.70. The van der Waals surface area contributed by atoms with E-state index in [2.05, 4.69) is 5.32 Å². The second kappa shape index (κ2) is 5.61. The van der Waals surface area contributed by atoms with E-state index in [1.807, 2.05) is 12.1 Å². The molecule has 0 fully saturated rings. The van der Waals surface area contributed by atoms with E-state index in [1.165, 1.54) is 23.5 Å². The molecule has 2 N–H and O–H groups in total. The van der Waals surface area contributed by atoms with Gasteiger partial charge in [0.15, 0.2) is 0 Å². The smallest absolute Gasteiger partial charge is 0.335 e. The van der Waals surface area contributed by atoms with Gasteiger partial charge in [-0.25, -0.2) is 4.79 Å². The van der Waals surface area contributed by atoms with Crippen molar-refractivity contribution in [1.29, 1.82) is 0 Å². The Morgan fingerprint density at radius 3 is 2.61 bits per heavy atom. The minimum atomic E-state index is -0.992. The molecule has 94 valence electrons. The molecule has 6 heteroatoms. The molecular weight excluding hydrogens is 293 g/mol. The minimum absolute atomic E-state index is 0.171. The number of nitrogens with one attached hydrogen (secondary N) is 1. The molecule has 0 aliphatic carbocycles. The topological polar surface area (TPSA) is 49.3 Å². The van der Waals surface area contributed by atoms with Gasteiger partial charge in [0.05, 0.1) is 20.6 Å². The van der Waals surface area contributed by atoms with Crippen LogP contribution in [0.2, 0.25) is 9.36 Å². The third kappa shape index (κ3) is 3.16. The van der Waals surface area contributed by atoms with Gasteiger partial charge in [-0.2, -0.15) is 0 Å². The molecule has 0 atom stereocenters. The van der Waals surface area contributed by atoms with Crippen molar-refractivity contribution in [3.8, 4) is 0 Å². The summed E-state index contributed by atoms with van der Waals surface area (Å²) in [6.45, 7) is 0.601. The molecule has 0 aliphatic heterocycles. The van der Waals surface area contributed by atoms with E-state index < -0.39 is 5.97 Å². The van der Waals surface area contributed by atoms with E-state index in [0.29, 0.717) is 17.3 Å². The SMILES string of the molecule is O=C(O)c1ccc(NCc2ccc(Cl)s2)c(Cl)c1. The van der Waals surface area contributed by atoms with Crippen LogP contribution in [0.15, 0.2) is 30.3 Å². The first kappa shape index (κ1) is 13.2. The Bertz CT molecular complexity index is 583. The highest BCUT2D eigenvalue weighted by Crippen LogP contribution is 2.26. The van der Waals surface area contributed by atoms with Crippen molar-refractivity contribution >= 4 is 46.2 Å². The van der Waals surface area contributed by atoms with Crippen molar-refractivity contribution in [3.05, 3.63) is 50.1 Å². The zero-order valence-corrected chi connectivity index (χ0v) is 11.4. The van der Waals surface area contributed by atoms with Gasteiger partial charge >= 0.3 is 5.97 Å². The molecule has 1 aromatic carbocycles. The quantitative estimate of drug-likeness (QED) is 0.882. The Morgan fingerprint density at radius 2 is 2.06 bits per heavy atom. The fraction of sp³-hybridized carbons (Fsp3) is 0.0833. The first-order valence-electron chi connectivity index (χ1n) is 5.07. The average molecular weight is 302 g/mol. The number of benzene rings is 1. The Morgan fingerprint density at radius 1 is 1.28 bits per heavy atom. The van der Waals surface area contributed by atoms with Crippen LogP contribution >= 0.6 is 34.5 Å². The summed E-state index contributed by atoms with van der Waals surface area (Å²) in [6, 6.07) is 8.35. The number of rotatable bonds is 4. The minimum Gasteiger partial charge on any atom is -0.478 e. The third-order valence-corrected chi connectivity index (χ3v) is 3.84. The number of hydrogen-bond acceptors (Lipinski definition) is 3. The second-order valence-corrected chi connectivity index (χ2v) is 5.77. The molecule has 0 spiro atoms. The predicted octanol–water partition coefficient (Wildman–Crippen LogP) is 4.37. The molecule has 0 saturated carbocycles. The van der Waals surface area contributed by atoms with Crippen LogP contribution in [0.1, 0.15) is 15.2 Å². The van der Waals surface area contributed by atoms with Crippen molar-refractivity contribution in [2.75, 3.05) is 5.32 Å². The largest absolute Gasteiger partial charge is 0.478 e. The number of carbonyl (C=O) groups is 1. The zero-order valence-electron chi connectivity index (χ0n) is 9.11. The molecule has 3 nitrogen and oxygen atoms in total. The third-order valence-electron chi connectivity index (χ3n) is 2.30.